The minimum Gasteiger partial charge on any atom is -0.377 e. The Labute approximate surface area is 97.1 Å². The summed E-state index contributed by atoms with van der Waals surface area (Å²) in [5, 5.41) is 4.55. The van der Waals surface area contributed by atoms with Crippen LogP contribution in [0, 0.1) is 0 Å². The fourth-order valence-corrected chi connectivity index (χ4v) is 2.45. The summed E-state index contributed by atoms with van der Waals surface area (Å²) in [6.45, 7) is 7.80. The number of amidine groups is 1. The van der Waals surface area contributed by atoms with Crippen molar-refractivity contribution in [3.05, 3.63) is 0 Å². The van der Waals surface area contributed by atoms with E-state index >= 15 is 0 Å². The molecule has 15 heavy (non-hydrogen) atoms. The molecule has 0 radical (unpaired) electrons. The molecule has 1 atom stereocenters. The standard InChI is InChI=1S/C11H22N2OS/c1-4-10-5-8-15-11(13-10)12-6-7-14-9(2)3/h9-10H,4-8H2,1-3H3,(H,12,13). The highest BCUT2D eigenvalue weighted by atomic mass is 32.2. The smallest absolute Gasteiger partial charge is 0.156 e. The summed E-state index contributed by atoms with van der Waals surface area (Å²) in [4.78, 5) is 4.50. The number of hydrogen-bond acceptors (Lipinski definition) is 3. The van der Waals surface area contributed by atoms with Crippen molar-refractivity contribution in [1.82, 2.24) is 5.32 Å². The molecule has 0 amide bonds. The Hall–Kier alpha value is -0.220. The summed E-state index contributed by atoms with van der Waals surface area (Å²) < 4.78 is 5.44. The summed E-state index contributed by atoms with van der Waals surface area (Å²) >= 11 is 1.82. The molecule has 3 nitrogen and oxygen atoms in total. The second kappa shape index (κ2) is 7.12. The van der Waals surface area contributed by atoms with E-state index in [9.17, 15) is 0 Å². The van der Waals surface area contributed by atoms with E-state index < -0.39 is 0 Å². The van der Waals surface area contributed by atoms with E-state index in [1.165, 1.54) is 18.6 Å². The average molecular weight is 230 g/mol. The van der Waals surface area contributed by atoms with E-state index in [1.54, 1.807) is 0 Å². The van der Waals surface area contributed by atoms with Gasteiger partial charge in [-0.2, -0.15) is 0 Å². The minimum atomic E-state index is 0.306. The van der Waals surface area contributed by atoms with E-state index in [0.717, 1.165) is 18.3 Å². The number of nitrogens with one attached hydrogen (secondary N) is 1. The van der Waals surface area contributed by atoms with Crippen LogP contribution >= 0.6 is 11.8 Å². The number of ether oxygens (including phenoxy) is 1. The second-order valence-corrected chi connectivity index (χ2v) is 5.08. The average Bonchev–Trinajstić information content (AvgIpc) is 2.24. The molecular formula is C11H22N2OS. The van der Waals surface area contributed by atoms with E-state index in [4.69, 9.17) is 4.74 Å². The van der Waals surface area contributed by atoms with Gasteiger partial charge in [0.15, 0.2) is 5.17 Å². The Morgan fingerprint density at radius 3 is 3.07 bits per heavy atom. The number of thioether (sulfide) groups is 1. The number of nitrogens with zero attached hydrogens (tertiary/aromatic N) is 1. The Bertz CT molecular complexity index is 207. The highest BCUT2D eigenvalue weighted by Gasteiger charge is 2.14. The van der Waals surface area contributed by atoms with Gasteiger partial charge in [0.1, 0.15) is 0 Å². The fourth-order valence-electron chi connectivity index (χ4n) is 1.42. The molecule has 1 N–H and O–H groups in total. The lowest BCUT2D eigenvalue weighted by atomic mass is 10.2. The zero-order valence-electron chi connectivity index (χ0n) is 9.95. The van der Waals surface area contributed by atoms with Crippen molar-refractivity contribution in [3.63, 3.8) is 0 Å². The first-order valence-electron chi connectivity index (χ1n) is 5.77. The largest absolute Gasteiger partial charge is 0.377 e. The summed E-state index contributed by atoms with van der Waals surface area (Å²) in [5.74, 6) is 1.19. The monoisotopic (exact) mass is 230 g/mol. The third kappa shape index (κ3) is 5.42. The normalized spacial score (nSPS) is 24.5. The van der Waals surface area contributed by atoms with Crippen molar-refractivity contribution in [2.75, 3.05) is 18.9 Å². The highest BCUT2D eigenvalue weighted by molar-refractivity contribution is 8.13. The van der Waals surface area contributed by atoms with E-state index in [-0.39, 0.29) is 0 Å². The van der Waals surface area contributed by atoms with Gasteiger partial charge in [0, 0.05) is 11.8 Å². The first-order chi connectivity index (χ1) is 7.22. The third-order valence-corrected chi connectivity index (χ3v) is 3.28. The zero-order valence-corrected chi connectivity index (χ0v) is 10.8. The number of aliphatic imine (C=N–C) groups is 1. The molecule has 0 spiro atoms. The maximum absolute atomic E-state index is 5.44. The van der Waals surface area contributed by atoms with Gasteiger partial charge < -0.3 is 10.1 Å². The molecule has 0 bridgehead atoms. The van der Waals surface area contributed by atoms with Gasteiger partial charge in [-0.25, -0.2) is 0 Å². The summed E-state index contributed by atoms with van der Waals surface area (Å²) in [6.07, 6.45) is 2.74. The van der Waals surface area contributed by atoms with Crippen LogP contribution < -0.4 is 5.32 Å². The molecule has 0 aliphatic carbocycles. The van der Waals surface area contributed by atoms with Gasteiger partial charge in [-0.1, -0.05) is 18.7 Å². The van der Waals surface area contributed by atoms with Gasteiger partial charge >= 0.3 is 0 Å². The first-order valence-corrected chi connectivity index (χ1v) is 6.76. The Kier molecular flexibility index (Phi) is 6.10. The molecule has 0 saturated carbocycles. The lowest BCUT2D eigenvalue weighted by Gasteiger charge is -2.24. The van der Waals surface area contributed by atoms with Gasteiger partial charge in [-0.3, -0.25) is 4.99 Å². The Balaban J connectivity index is 2.20. The quantitative estimate of drug-likeness (QED) is 0.736. The van der Waals surface area contributed by atoms with Gasteiger partial charge in [0.05, 0.1) is 19.3 Å². The molecule has 88 valence electrons. The van der Waals surface area contributed by atoms with Crippen LogP contribution in [0.25, 0.3) is 0 Å². The highest BCUT2D eigenvalue weighted by Crippen LogP contribution is 2.15. The van der Waals surface area contributed by atoms with E-state index in [0.29, 0.717) is 12.1 Å². The molecule has 1 rings (SSSR count). The zero-order chi connectivity index (χ0) is 11.1. The van der Waals surface area contributed by atoms with Crippen molar-refractivity contribution in [2.24, 2.45) is 4.99 Å². The van der Waals surface area contributed by atoms with Crippen molar-refractivity contribution in [3.8, 4) is 0 Å². The fraction of sp³-hybridized carbons (Fsp3) is 0.909. The molecular weight excluding hydrogens is 208 g/mol. The van der Waals surface area contributed by atoms with Crippen LogP contribution in [-0.2, 0) is 4.74 Å². The van der Waals surface area contributed by atoms with Crippen LogP contribution in [0.15, 0.2) is 4.99 Å². The van der Waals surface area contributed by atoms with Gasteiger partial charge in [0.2, 0.25) is 0 Å². The van der Waals surface area contributed by atoms with Gasteiger partial charge in [0.25, 0.3) is 0 Å². The van der Waals surface area contributed by atoms with Gasteiger partial charge in [-0.05, 0) is 26.7 Å². The van der Waals surface area contributed by atoms with Gasteiger partial charge in [-0.15, -0.1) is 0 Å². The summed E-state index contributed by atoms with van der Waals surface area (Å²) in [7, 11) is 0. The molecule has 1 aliphatic rings. The summed E-state index contributed by atoms with van der Waals surface area (Å²) in [5.41, 5.74) is 0. The number of hydrogen-bond donors (Lipinski definition) is 1. The van der Waals surface area contributed by atoms with Crippen LogP contribution in [-0.4, -0.2) is 36.2 Å². The van der Waals surface area contributed by atoms with Crippen LogP contribution in [0.5, 0.6) is 0 Å². The van der Waals surface area contributed by atoms with E-state index in [1.807, 2.05) is 25.6 Å². The molecule has 0 aromatic heterocycles. The third-order valence-electron chi connectivity index (χ3n) is 2.32. The predicted octanol–water partition coefficient (Wildman–Crippen LogP) is 2.27. The first kappa shape index (κ1) is 12.8. The molecule has 0 aromatic rings. The van der Waals surface area contributed by atoms with Crippen LogP contribution in [0.1, 0.15) is 33.6 Å². The molecule has 1 heterocycles. The van der Waals surface area contributed by atoms with Crippen molar-refractivity contribution in [2.45, 2.75) is 45.8 Å². The molecule has 4 heteroatoms. The number of rotatable bonds is 5. The van der Waals surface area contributed by atoms with E-state index in [2.05, 4.69) is 17.2 Å². The summed E-state index contributed by atoms with van der Waals surface area (Å²) in [6, 6.07) is 0.621. The lowest BCUT2D eigenvalue weighted by molar-refractivity contribution is 0.0853. The van der Waals surface area contributed by atoms with Crippen molar-refractivity contribution < 1.29 is 4.74 Å². The van der Waals surface area contributed by atoms with Crippen molar-refractivity contribution in [1.29, 1.82) is 0 Å². The minimum absolute atomic E-state index is 0.306. The maximum Gasteiger partial charge on any atom is 0.156 e. The Morgan fingerprint density at radius 2 is 2.40 bits per heavy atom. The molecule has 1 saturated heterocycles. The predicted molar refractivity (Wildman–Crippen MR) is 67.7 cm³/mol. The maximum atomic E-state index is 5.44. The molecule has 0 aromatic carbocycles. The lowest BCUT2D eigenvalue weighted by Crippen LogP contribution is -2.37. The van der Waals surface area contributed by atoms with Crippen LogP contribution in [0.3, 0.4) is 0 Å². The van der Waals surface area contributed by atoms with Crippen LogP contribution in [0.4, 0.5) is 0 Å². The SMILES string of the molecule is CCC1CCSC(=NCCOC(C)C)N1. The van der Waals surface area contributed by atoms with Crippen molar-refractivity contribution >= 4 is 16.9 Å². The molecule has 1 fully saturated rings. The van der Waals surface area contributed by atoms with Crippen LogP contribution in [0.2, 0.25) is 0 Å². The molecule has 1 aliphatic heterocycles. The Morgan fingerprint density at radius 1 is 1.60 bits per heavy atom. The second-order valence-electron chi connectivity index (χ2n) is 3.99. The molecule has 1 unspecified atom stereocenters. The topological polar surface area (TPSA) is 33.6 Å².